The Kier molecular flexibility index (Phi) is 12.0. The molecule has 1 amide bonds. The average molecular weight is 704 g/mol. The first-order valence-corrected chi connectivity index (χ1v) is 17.6. The molecule has 0 aromatic heterocycles. The molecule has 0 saturated carbocycles. The molecule has 4 aromatic carbocycles. The molecule has 5 rings (SSSR count). The molecule has 0 unspecified atom stereocenters. The van der Waals surface area contributed by atoms with Gasteiger partial charge in [-0.3, -0.25) is 10.2 Å². The van der Waals surface area contributed by atoms with Gasteiger partial charge < -0.3 is 28.8 Å². The molecule has 2 atom stereocenters. The van der Waals surface area contributed by atoms with Gasteiger partial charge >= 0.3 is 0 Å². The fraction of sp³-hybridized carbons (Fsp3) is 0.297. The SMILES string of the molecule is COc1cccc([C@@H]2OC(c3ccc(OCCCO)cc3)=N[C@]2(CCS(=O)(=O)c2ccccc2)C(=O)NNCc2ccc(OC)cc2OC)c1. The van der Waals surface area contributed by atoms with Crippen molar-refractivity contribution in [1.82, 2.24) is 10.9 Å². The number of methoxy groups -OCH3 is 3. The second-order valence-electron chi connectivity index (χ2n) is 11.4. The van der Waals surface area contributed by atoms with E-state index in [1.807, 2.05) is 6.07 Å². The van der Waals surface area contributed by atoms with E-state index in [1.54, 1.807) is 86.0 Å². The highest BCUT2D eigenvalue weighted by Crippen LogP contribution is 2.44. The Morgan fingerprint density at radius 1 is 0.880 bits per heavy atom. The van der Waals surface area contributed by atoms with Crippen molar-refractivity contribution in [2.24, 2.45) is 4.99 Å². The number of ether oxygens (including phenoxy) is 5. The molecule has 264 valence electrons. The predicted octanol–water partition coefficient (Wildman–Crippen LogP) is 4.42. The Morgan fingerprint density at radius 3 is 2.30 bits per heavy atom. The number of carbonyl (C=O) groups excluding carboxylic acids is 1. The summed E-state index contributed by atoms with van der Waals surface area (Å²) < 4.78 is 55.7. The van der Waals surface area contributed by atoms with Crippen molar-refractivity contribution in [2.45, 2.75) is 35.9 Å². The van der Waals surface area contributed by atoms with E-state index in [-0.39, 0.29) is 30.4 Å². The van der Waals surface area contributed by atoms with Crippen LogP contribution in [0.1, 0.15) is 35.6 Å². The quantitative estimate of drug-likeness (QED) is 0.106. The Balaban J connectivity index is 1.53. The topological polar surface area (TPSA) is 154 Å². The van der Waals surface area contributed by atoms with Crippen molar-refractivity contribution >= 4 is 21.6 Å². The van der Waals surface area contributed by atoms with Crippen LogP contribution in [-0.4, -0.2) is 71.2 Å². The highest BCUT2D eigenvalue weighted by atomic mass is 32.2. The molecule has 50 heavy (non-hydrogen) atoms. The minimum atomic E-state index is -3.83. The van der Waals surface area contributed by atoms with Crippen LogP contribution in [0.15, 0.2) is 107 Å². The van der Waals surface area contributed by atoms with Crippen molar-refractivity contribution in [2.75, 3.05) is 40.3 Å². The summed E-state index contributed by atoms with van der Waals surface area (Å²) >= 11 is 0. The number of nitrogens with one attached hydrogen (secondary N) is 2. The molecule has 0 fully saturated rings. The molecule has 0 spiro atoms. The van der Waals surface area contributed by atoms with Gasteiger partial charge in [0.2, 0.25) is 5.90 Å². The predicted molar refractivity (Wildman–Crippen MR) is 187 cm³/mol. The first-order valence-electron chi connectivity index (χ1n) is 16.0. The fourth-order valence-corrected chi connectivity index (χ4v) is 6.92. The second kappa shape index (κ2) is 16.5. The van der Waals surface area contributed by atoms with Crippen LogP contribution in [-0.2, 0) is 25.9 Å². The maximum absolute atomic E-state index is 14.5. The van der Waals surface area contributed by atoms with Crippen LogP contribution >= 0.6 is 0 Å². The number of aliphatic hydroxyl groups excluding tert-OH is 1. The van der Waals surface area contributed by atoms with Gasteiger partial charge in [-0.2, -0.15) is 0 Å². The van der Waals surface area contributed by atoms with Gasteiger partial charge in [-0.1, -0.05) is 36.4 Å². The van der Waals surface area contributed by atoms with E-state index in [0.717, 1.165) is 5.56 Å². The van der Waals surface area contributed by atoms with E-state index in [2.05, 4.69) is 10.9 Å². The molecular weight excluding hydrogens is 662 g/mol. The van der Waals surface area contributed by atoms with E-state index in [1.165, 1.54) is 26.4 Å². The third-order valence-electron chi connectivity index (χ3n) is 8.26. The number of benzene rings is 4. The molecule has 13 heteroatoms. The monoisotopic (exact) mass is 703 g/mol. The summed E-state index contributed by atoms with van der Waals surface area (Å²) in [5, 5.41) is 9.09. The Morgan fingerprint density at radius 2 is 1.60 bits per heavy atom. The van der Waals surface area contributed by atoms with Crippen LogP contribution in [0.3, 0.4) is 0 Å². The molecule has 1 heterocycles. The standard InChI is InChI=1S/C37H41N3O9S/c1-45-30-10-7-9-27(23-30)34-37(19-22-50(43,44)32-11-5-4-6-12-32,36(42)40-38-25-28-15-18-31(46-2)24-33(28)47-3)39-35(49-34)26-13-16-29(17-14-26)48-21-8-20-41/h4-7,9-18,23-24,34,38,41H,8,19-22,25H2,1-3H3,(H,40,42)/t34-,37-/m0/s1. The zero-order valence-corrected chi connectivity index (χ0v) is 28.9. The molecular formula is C37H41N3O9S. The average Bonchev–Trinajstić information content (AvgIpc) is 3.56. The fourth-order valence-electron chi connectivity index (χ4n) is 5.54. The molecule has 4 aromatic rings. The molecule has 0 saturated heterocycles. The lowest BCUT2D eigenvalue weighted by Crippen LogP contribution is -2.53. The minimum Gasteiger partial charge on any atom is -0.497 e. The molecule has 12 nitrogen and oxygen atoms in total. The first kappa shape index (κ1) is 36.2. The number of nitrogens with zero attached hydrogens (tertiary/aromatic N) is 1. The highest BCUT2D eigenvalue weighted by Gasteiger charge is 2.54. The van der Waals surface area contributed by atoms with E-state index < -0.39 is 33.1 Å². The van der Waals surface area contributed by atoms with Crippen molar-refractivity contribution < 1.29 is 42.0 Å². The number of amides is 1. The van der Waals surface area contributed by atoms with Gasteiger partial charge in [0.15, 0.2) is 21.5 Å². The van der Waals surface area contributed by atoms with Crippen LogP contribution in [0.4, 0.5) is 0 Å². The van der Waals surface area contributed by atoms with Crippen LogP contribution < -0.4 is 29.8 Å². The number of hydrogen-bond donors (Lipinski definition) is 3. The van der Waals surface area contributed by atoms with Crippen molar-refractivity contribution in [3.8, 4) is 23.0 Å². The van der Waals surface area contributed by atoms with Gasteiger partial charge in [-0.25, -0.2) is 18.8 Å². The number of sulfone groups is 1. The number of carbonyl (C=O) groups is 1. The van der Waals surface area contributed by atoms with Gasteiger partial charge in [-0.15, -0.1) is 0 Å². The third-order valence-corrected chi connectivity index (χ3v) is 9.99. The number of hydrazine groups is 1. The Labute approximate surface area is 291 Å². The highest BCUT2D eigenvalue weighted by molar-refractivity contribution is 7.91. The summed E-state index contributed by atoms with van der Waals surface area (Å²) in [6.07, 6.45) is -0.753. The van der Waals surface area contributed by atoms with Crippen molar-refractivity contribution in [1.29, 1.82) is 0 Å². The number of aliphatic hydroxyl groups is 1. The van der Waals surface area contributed by atoms with Gasteiger partial charge in [-0.05, 0) is 60.2 Å². The number of rotatable bonds is 17. The number of aliphatic imine (C=N–C) groups is 1. The lowest BCUT2D eigenvalue weighted by atomic mass is 9.85. The van der Waals surface area contributed by atoms with E-state index >= 15 is 0 Å². The minimum absolute atomic E-state index is 0.0149. The zero-order valence-electron chi connectivity index (χ0n) is 28.1. The summed E-state index contributed by atoms with van der Waals surface area (Å²) in [5.41, 5.74) is 5.88. The molecule has 1 aliphatic rings. The van der Waals surface area contributed by atoms with E-state index in [0.29, 0.717) is 47.2 Å². The van der Waals surface area contributed by atoms with Gasteiger partial charge in [0.25, 0.3) is 5.91 Å². The zero-order chi connectivity index (χ0) is 35.6. The smallest absolute Gasteiger partial charge is 0.266 e. The van der Waals surface area contributed by atoms with Crippen LogP contribution in [0.2, 0.25) is 0 Å². The molecule has 1 aliphatic heterocycles. The normalized spacial score (nSPS) is 17.0. The summed E-state index contributed by atoms with van der Waals surface area (Å²) in [6.45, 7) is 0.539. The van der Waals surface area contributed by atoms with Gasteiger partial charge in [0, 0.05) is 43.2 Å². The Hall–Kier alpha value is -5.11. The van der Waals surface area contributed by atoms with Crippen LogP contribution in [0.25, 0.3) is 0 Å². The molecule has 0 bridgehead atoms. The third kappa shape index (κ3) is 8.36. The molecule has 0 radical (unpaired) electrons. The van der Waals surface area contributed by atoms with Crippen LogP contribution in [0, 0.1) is 0 Å². The number of hydrogen-bond acceptors (Lipinski definition) is 11. The van der Waals surface area contributed by atoms with Gasteiger partial charge in [0.1, 0.15) is 23.0 Å². The Bertz CT molecular complexity index is 1890. The molecule has 3 N–H and O–H groups in total. The maximum Gasteiger partial charge on any atom is 0.266 e. The second-order valence-corrected chi connectivity index (χ2v) is 13.5. The van der Waals surface area contributed by atoms with Crippen LogP contribution in [0.5, 0.6) is 23.0 Å². The lowest BCUT2D eigenvalue weighted by molar-refractivity contribution is -0.130. The van der Waals surface area contributed by atoms with Gasteiger partial charge in [0.05, 0.1) is 38.6 Å². The largest absolute Gasteiger partial charge is 0.497 e. The summed E-state index contributed by atoms with van der Waals surface area (Å²) in [7, 11) is 0.802. The van der Waals surface area contributed by atoms with Crippen molar-refractivity contribution in [3.05, 3.63) is 114 Å². The first-order chi connectivity index (χ1) is 24.2. The summed E-state index contributed by atoms with van der Waals surface area (Å²) in [4.78, 5) is 19.5. The lowest BCUT2D eigenvalue weighted by Gasteiger charge is -2.30. The summed E-state index contributed by atoms with van der Waals surface area (Å²) in [6, 6.07) is 27.4. The van der Waals surface area contributed by atoms with E-state index in [4.69, 9.17) is 33.8 Å². The van der Waals surface area contributed by atoms with E-state index in [9.17, 15) is 13.2 Å². The van der Waals surface area contributed by atoms with Crippen molar-refractivity contribution in [3.63, 3.8) is 0 Å². The molecule has 0 aliphatic carbocycles. The summed E-state index contributed by atoms with van der Waals surface area (Å²) in [5.74, 6) is 1.45. The maximum atomic E-state index is 14.5.